The van der Waals surface area contributed by atoms with Crippen LogP contribution < -0.4 is 0 Å². The molecule has 0 fully saturated rings. The number of thioether (sulfide) groups is 1. The first-order valence-corrected chi connectivity index (χ1v) is 10.3. The van der Waals surface area contributed by atoms with Crippen LogP contribution >= 0.6 is 11.8 Å². The van der Waals surface area contributed by atoms with E-state index in [4.69, 9.17) is 0 Å². The van der Waals surface area contributed by atoms with Gasteiger partial charge in [-0.15, -0.1) is 18.3 Å². The van der Waals surface area contributed by atoms with Gasteiger partial charge in [0.2, 0.25) is 0 Å². The zero-order valence-corrected chi connectivity index (χ0v) is 16.7. The summed E-state index contributed by atoms with van der Waals surface area (Å²) >= 11 is 1.70. The molecule has 5 heteroatoms. The highest BCUT2D eigenvalue weighted by Gasteiger charge is 2.21. The van der Waals surface area contributed by atoms with Gasteiger partial charge in [0.25, 0.3) is 0 Å². The Bertz CT molecular complexity index is 1210. The van der Waals surface area contributed by atoms with E-state index >= 15 is 0 Å². The lowest BCUT2D eigenvalue weighted by atomic mass is 10.1. The summed E-state index contributed by atoms with van der Waals surface area (Å²) < 4.78 is 3.96. The Labute approximate surface area is 168 Å². The zero-order chi connectivity index (χ0) is 19.7. The summed E-state index contributed by atoms with van der Waals surface area (Å²) in [4.78, 5) is 14.3. The number of para-hydroxylation sites is 2. The molecule has 4 aromatic rings. The van der Waals surface area contributed by atoms with Crippen LogP contribution in [0.4, 0.5) is 0 Å². The highest BCUT2D eigenvalue weighted by Crippen LogP contribution is 2.26. The van der Waals surface area contributed by atoms with Crippen molar-refractivity contribution in [2.75, 3.05) is 6.26 Å². The van der Waals surface area contributed by atoms with Gasteiger partial charge in [-0.05, 0) is 49.1 Å². The average molecular weight is 388 g/mol. The van der Waals surface area contributed by atoms with E-state index < -0.39 is 0 Å². The maximum absolute atomic E-state index is 13.1. The van der Waals surface area contributed by atoms with Crippen molar-refractivity contribution in [2.45, 2.75) is 18.4 Å². The van der Waals surface area contributed by atoms with E-state index in [9.17, 15) is 4.79 Å². The number of aromatic nitrogens is 3. The summed E-state index contributed by atoms with van der Waals surface area (Å²) in [7, 11) is 0. The van der Waals surface area contributed by atoms with Gasteiger partial charge in [0.15, 0.2) is 5.78 Å². The molecule has 0 saturated carbocycles. The molecular weight excluding hydrogens is 366 g/mol. The predicted octanol–water partition coefficient (Wildman–Crippen LogP) is 5.40. The number of benzene rings is 2. The topological polar surface area (TPSA) is 39.3 Å². The van der Waals surface area contributed by atoms with Gasteiger partial charge in [-0.25, -0.2) is 4.52 Å². The summed E-state index contributed by atoms with van der Waals surface area (Å²) in [6.45, 7) is 6.37. The lowest BCUT2D eigenvalue weighted by Gasteiger charge is -2.03. The molecule has 0 bridgehead atoms. The number of carbonyl (C=O) groups excluding carboxylic acids is 1. The average Bonchev–Trinajstić information content (AvgIpc) is 3.21. The summed E-state index contributed by atoms with van der Waals surface area (Å²) in [6, 6.07) is 16.2. The predicted molar refractivity (Wildman–Crippen MR) is 117 cm³/mol. The van der Waals surface area contributed by atoms with Crippen molar-refractivity contribution in [3.63, 3.8) is 0 Å². The Kier molecular flexibility index (Phi) is 4.92. The Balaban J connectivity index is 1.80. The summed E-state index contributed by atoms with van der Waals surface area (Å²) in [5, 5.41) is 4.65. The molecule has 0 radical (unpaired) electrons. The van der Waals surface area contributed by atoms with E-state index in [1.165, 1.54) is 4.90 Å². The quantitative estimate of drug-likeness (QED) is 0.192. The number of ketones is 1. The third kappa shape index (κ3) is 3.08. The van der Waals surface area contributed by atoms with E-state index in [0.29, 0.717) is 12.1 Å². The maximum atomic E-state index is 13.1. The largest absolute Gasteiger partial charge is 0.320 e. The van der Waals surface area contributed by atoms with E-state index in [1.807, 2.05) is 66.2 Å². The monoisotopic (exact) mass is 387 g/mol. The van der Waals surface area contributed by atoms with E-state index in [0.717, 1.165) is 27.9 Å². The number of imidazole rings is 1. The normalized spacial score (nSPS) is 11.6. The first kappa shape index (κ1) is 18.3. The Morgan fingerprint density at radius 2 is 1.86 bits per heavy atom. The van der Waals surface area contributed by atoms with Gasteiger partial charge in [0.05, 0.1) is 22.3 Å². The Hall–Kier alpha value is -3.05. The molecule has 0 aliphatic carbocycles. The van der Waals surface area contributed by atoms with Gasteiger partial charge in [-0.1, -0.05) is 36.4 Å². The number of nitrogens with zero attached hydrogens (tertiary/aromatic N) is 3. The van der Waals surface area contributed by atoms with Gasteiger partial charge < -0.3 is 4.57 Å². The fraction of sp³-hybridized carbons (Fsp3) is 0.130. The number of carbonyl (C=O) groups is 1. The van der Waals surface area contributed by atoms with Crippen molar-refractivity contribution in [1.82, 2.24) is 14.2 Å². The molecule has 28 heavy (non-hydrogen) atoms. The van der Waals surface area contributed by atoms with Crippen LogP contribution in [0.1, 0.15) is 21.6 Å². The van der Waals surface area contributed by atoms with Crippen LogP contribution in [-0.4, -0.2) is 26.2 Å². The minimum atomic E-state index is -0.0467. The Morgan fingerprint density at radius 1 is 1.14 bits per heavy atom. The molecule has 0 unspecified atom stereocenters. The van der Waals surface area contributed by atoms with Crippen LogP contribution in [0.15, 0.2) is 72.2 Å². The molecule has 2 aromatic heterocycles. The summed E-state index contributed by atoms with van der Waals surface area (Å²) in [5.41, 5.74) is 5.19. The molecule has 4 nitrogen and oxygen atoms in total. The number of hydrogen-bond acceptors (Lipinski definition) is 3. The number of rotatable bonds is 6. The van der Waals surface area contributed by atoms with Crippen molar-refractivity contribution in [3.05, 3.63) is 84.1 Å². The van der Waals surface area contributed by atoms with E-state index in [-0.39, 0.29) is 5.78 Å². The van der Waals surface area contributed by atoms with Crippen LogP contribution in [0.5, 0.6) is 0 Å². The number of allylic oxidation sites excluding steroid dienone is 2. The second kappa shape index (κ2) is 7.52. The van der Waals surface area contributed by atoms with Crippen LogP contribution in [0.2, 0.25) is 0 Å². The fourth-order valence-corrected chi connectivity index (χ4v) is 3.90. The number of hydrogen-bond donors (Lipinski definition) is 0. The fourth-order valence-electron chi connectivity index (χ4n) is 3.49. The molecule has 0 aliphatic heterocycles. The molecule has 140 valence electrons. The SMILES string of the molecule is C=CCn1c2ccccc2n2nc(C)c(C(=O)/C=C/c3ccc(SC)cc3)c12. The Morgan fingerprint density at radius 3 is 2.54 bits per heavy atom. The molecule has 2 heterocycles. The van der Waals surface area contributed by atoms with Crippen molar-refractivity contribution in [1.29, 1.82) is 0 Å². The third-order valence-corrected chi connectivity index (χ3v) is 5.54. The standard InChI is InChI=1S/C23H21N3OS/c1-4-15-25-19-7-5-6-8-20(19)26-23(25)22(16(2)24-26)21(27)14-11-17-9-12-18(28-3)13-10-17/h4-14H,1,15H2,2-3H3/b14-11+. The summed E-state index contributed by atoms with van der Waals surface area (Å²) in [6.07, 6.45) is 7.38. The molecular formula is C23H21N3OS. The highest BCUT2D eigenvalue weighted by atomic mass is 32.2. The molecule has 0 N–H and O–H groups in total. The van der Waals surface area contributed by atoms with E-state index in [2.05, 4.69) is 28.4 Å². The lowest BCUT2D eigenvalue weighted by molar-refractivity contribution is 0.104. The second-order valence-corrected chi connectivity index (χ2v) is 7.43. The van der Waals surface area contributed by atoms with Gasteiger partial charge in [0.1, 0.15) is 5.65 Å². The third-order valence-electron chi connectivity index (χ3n) is 4.79. The van der Waals surface area contributed by atoms with Crippen LogP contribution in [0, 0.1) is 6.92 Å². The molecule has 0 aliphatic rings. The molecule has 0 amide bonds. The first-order chi connectivity index (χ1) is 13.6. The smallest absolute Gasteiger partial charge is 0.191 e. The van der Waals surface area contributed by atoms with Crippen LogP contribution in [0.25, 0.3) is 22.8 Å². The molecule has 2 aromatic carbocycles. The molecule has 0 atom stereocenters. The minimum Gasteiger partial charge on any atom is -0.320 e. The van der Waals surface area contributed by atoms with Crippen molar-refractivity contribution < 1.29 is 4.79 Å². The second-order valence-electron chi connectivity index (χ2n) is 6.55. The van der Waals surface area contributed by atoms with Gasteiger partial charge >= 0.3 is 0 Å². The first-order valence-electron chi connectivity index (χ1n) is 9.08. The van der Waals surface area contributed by atoms with Gasteiger partial charge in [-0.3, -0.25) is 4.79 Å². The van der Waals surface area contributed by atoms with Gasteiger partial charge in [-0.2, -0.15) is 5.10 Å². The van der Waals surface area contributed by atoms with Crippen LogP contribution in [0.3, 0.4) is 0 Å². The summed E-state index contributed by atoms with van der Waals surface area (Å²) in [5.74, 6) is -0.0467. The zero-order valence-electron chi connectivity index (χ0n) is 15.9. The number of fused-ring (bicyclic) bond motifs is 3. The molecule has 0 spiro atoms. The van der Waals surface area contributed by atoms with Crippen molar-refractivity contribution >= 4 is 40.3 Å². The van der Waals surface area contributed by atoms with Crippen molar-refractivity contribution in [3.8, 4) is 0 Å². The molecule has 4 rings (SSSR count). The van der Waals surface area contributed by atoms with Crippen molar-refractivity contribution in [2.24, 2.45) is 0 Å². The van der Waals surface area contributed by atoms with Gasteiger partial charge in [0, 0.05) is 11.4 Å². The van der Waals surface area contributed by atoms with E-state index in [1.54, 1.807) is 17.8 Å². The number of aryl methyl sites for hydroxylation is 1. The lowest BCUT2D eigenvalue weighted by Crippen LogP contribution is -2.02. The molecule has 0 saturated heterocycles. The minimum absolute atomic E-state index is 0.0467. The van der Waals surface area contributed by atoms with Crippen LogP contribution in [-0.2, 0) is 6.54 Å². The maximum Gasteiger partial charge on any atom is 0.191 e. The highest BCUT2D eigenvalue weighted by molar-refractivity contribution is 7.98.